The minimum atomic E-state index is 0.199. The molecule has 0 bridgehead atoms. The quantitative estimate of drug-likeness (QED) is 0.594. The van der Waals surface area contributed by atoms with Gasteiger partial charge in [-0.3, -0.25) is 0 Å². The summed E-state index contributed by atoms with van der Waals surface area (Å²) in [5.74, 6) is 2.32. The number of fused-ring (bicyclic) bond motifs is 1. The van der Waals surface area contributed by atoms with E-state index < -0.39 is 0 Å². The predicted octanol–water partition coefficient (Wildman–Crippen LogP) is 5.63. The van der Waals surface area contributed by atoms with Crippen LogP contribution in [0.2, 0.25) is 0 Å². The molecular formula is C26H29NO2. The summed E-state index contributed by atoms with van der Waals surface area (Å²) in [5, 5.41) is 3.69. The molecule has 0 saturated carbocycles. The fourth-order valence-corrected chi connectivity index (χ4v) is 4.05. The number of nitrogens with one attached hydrogen (secondary N) is 1. The first-order valence-corrected chi connectivity index (χ1v) is 10.4. The Labute approximate surface area is 173 Å². The lowest BCUT2D eigenvalue weighted by molar-refractivity contribution is 0.305. The molecule has 0 aromatic heterocycles. The van der Waals surface area contributed by atoms with Gasteiger partial charge in [0, 0.05) is 6.54 Å². The van der Waals surface area contributed by atoms with Crippen LogP contribution in [0.15, 0.2) is 66.7 Å². The lowest BCUT2D eigenvalue weighted by atomic mass is 9.88. The van der Waals surface area contributed by atoms with Crippen molar-refractivity contribution in [3.63, 3.8) is 0 Å². The topological polar surface area (TPSA) is 30.5 Å². The predicted molar refractivity (Wildman–Crippen MR) is 118 cm³/mol. The maximum atomic E-state index is 6.04. The summed E-state index contributed by atoms with van der Waals surface area (Å²) < 4.78 is 11.6. The van der Waals surface area contributed by atoms with Crippen LogP contribution in [0.25, 0.3) is 0 Å². The molecule has 0 spiro atoms. The number of hydrogen-bond donors (Lipinski definition) is 1. The number of benzene rings is 3. The first-order chi connectivity index (χ1) is 14.2. The molecule has 29 heavy (non-hydrogen) atoms. The molecule has 3 aromatic carbocycles. The molecule has 0 fully saturated rings. The van der Waals surface area contributed by atoms with Gasteiger partial charge in [-0.15, -0.1) is 0 Å². The molecule has 1 aliphatic rings. The van der Waals surface area contributed by atoms with Crippen molar-refractivity contribution in [1.82, 2.24) is 5.32 Å². The van der Waals surface area contributed by atoms with Crippen molar-refractivity contribution in [3.05, 3.63) is 94.5 Å². The number of rotatable bonds is 6. The summed E-state index contributed by atoms with van der Waals surface area (Å²) in [5.41, 5.74) is 6.42. The Balaban J connectivity index is 1.58. The molecule has 4 rings (SSSR count). The maximum Gasteiger partial charge on any atom is 0.122 e. The molecule has 3 heteroatoms. The molecule has 1 unspecified atom stereocenters. The van der Waals surface area contributed by atoms with Crippen molar-refractivity contribution in [1.29, 1.82) is 0 Å². The van der Waals surface area contributed by atoms with Gasteiger partial charge in [0.25, 0.3) is 0 Å². The highest BCUT2D eigenvalue weighted by atomic mass is 16.5. The number of hydrogen-bond acceptors (Lipinski definition) is 3. The molecule has 1 N–H and O–H groups in total. The molecule has 3 aromatic rings. The highest BCUT2D eigenvalue weighted by Gasteiger charge is 2.23. The number of methoxy groups -OCH3 is 1. The molecule has 1 heterocycles. The highest BCUT2D eigenvalue weighted by molar-refractivity contribution is 5.47. The van der Waals surface area contributed by atoms with Crippen molar-refractivity contribution in [2.24, 2.45) is 0 Å². The minimum Gasteiger partial charge on any atom is -0.496 e. The minimum absolute atomic E-state index is 0.199. The third-order valence-corrected chi connectivity index (χ3v) is 5.63. The Kier molecular flexibility index (Phi) is 5.86. The van der Waals surface area contributed by atoms with Gasteiger partial charge in [-0.2, -0.15) is 0 Å². The van der Waals surface area contributed by atoms with Crippen LogP contribution >= 0.6 is 0 Å². The molecule has 150 valence electrons. The Morgan fingerprint density at radius 2 is 1.83 bits per heavy atom. The zero-order chi connectivity index (χ0) is 20.2. The van der Waals surface area contributed by atoms with E-state index in [-0.39, 0.29) is 6.04 Å². The Bertz CT molecular complexity index is 966. The standard InChI is InChI=1S/C26H29NO2/c1-18(2)24-16-21(9-12-25(24)28-3)26-23-11-10-22(15-20(23)13-14-27-26)29-17-19-7-5-4-6-8-19/h4-12,15-16,18,26-27H,13-14,17H2,1-3H3. The van der Waals surface area contributed by atoms with E-state index in [1.165, 1.54) is 27.8 Å². The van der Waals surface area contributed by atoms with Crippen molar-refractivity contribution in [2.75, 3.05) is 13.7 Å². The third kappa shape index (κ3) is 4.30. The second-order valence-electron chi connectivity index (χ2n) is 7.93. The molecule has 0 saturated heterocycles. The van der Waals surface area contributed by atoms with Crippen LogP contribution in [0, 0.1) is 0 Å². The highest BCUT2D eigenvalue weighted by Crippen LogP contribution is 2.35. The van der Waals surface area contributed by atoms with Gasteiger partial charge in [-0.25, -0.2) is 0 Å². The van der Waals surface area contributed by atoms with Gasteiger partial charge >= 0.3 is 0 Å². The first kappa shape index (κ1) is 19.5. The molecule has 0 amide bonds. The summed E-state index contributed by atoms with van der Waals surface area (Å²) in [6.07, 6.45) is 1.02. The Morgan fingerprint density at radius 1 is 1.00 bits per heavy atom. The van der Waals surface area contributed by atoms with E-state index in [1.54, 1.807) is 7.11 Å². The zero-order valence-corrected chi connectivity index (χ0v) is 17.4. The van der Waals surface area contributed by atoms with Crippen molar-refractivity contribution in [3.8, 4) is 11.5 Å². The second-order valence-corrected chi connectivity index (χ2v) is 7.93. The fraction of sp³-hybridized carbons (Fsp3) is 0.308. The smallest absolute Gasteiger partial charge is 0.122 e. The van der Waals surface area contributed by atoms with Gasteiger partial charge in [0.05, 0.1) is 13.2 Å². The van der Waals surface area contributed by atoms with Gasteiger partial charge in [0.15, 0.2) is 0 Å². The Hall–Kier alpha value is -2.78. The fourth-order valence-electron chi connectivity index (χ4n) is 4.05. The second kappa shape index (κ2) is 8.71. The molecule has 3 nitrogen and oxygen atoms in total. The average Bonchev–Trinajstić information content (AvgIpc) is 2.77. The third-order valence-electron chi connectivity index (χ3n) is 5.63. The summed E-state index contributed by atoms with van der Waals surface area (Å²) in [6.45, 7) is 5.97. The molecule has 0 radical (unpaired) electrons. The lowest BCUT2D eigenvalue weighted by Gasteiger charge is -2.29. The molecular weight excluding hydrogens is 358 g/mol. The van der Waals surface area contributed by atoms with Crippen LogP contribution in [0.4, 0.5) is 0 Å². The van der Waals surface area contributed by atoms with Crippen LogP contribution in [0.5, 0.6) is 11.5 Å². The largest absolute Gasteiger partial charge is 0.496 e. The van der Waals surface area contributed by atoms with Gasteiger partial charge in [-0.1, -0.05) is 56.3 Å². The van der Waals surface area contributed by atoms with Gasteiger partial charge < -0.3 is 14.8 Å². The van der Waals surface area contributed by atoms with E-state index in [2.05, 4.69) is 67.7 Å². The van der Waals surface area contributed by atoms with Crippen LogP contribution in [0.3, 0.4) is 0 Å². The summed E-state index contributed by atoms with van der Waals surface area (Å²) in [7, 11) is 1.74. The van der Waals surface area contributed by atoms with E-state index in [9.17, 15) is 0 Å². The number of ether oxygens (including phenoxy) is 2. The SMILES string of the molecule is COc1ccc(C2NCCc3cc(OCc4ccccc4)ccc32)cc1C(C)C. The molecule has 1 atom stereocenters. The van der Waals surface area contributed by atoms with E-state index in [4.69, 9.17) is 9.47 Å². The summed E-state index contributed by atoms with van der Waals surface area (Å²) in [4.78, 5) is 0. The van der Waals surface area contributed by atoms with Crippen molar-refractivity contribution < 1.29 is 9.47 Å². The van der Waals surface area contributed by atoms with Crippen LogP contribution < -0.4 is 14.8 Å². The molecule has 0 aliphatic carbocycles. The summed E-state index contributed by atoms with van der Waals surface area (Å²) in [6, 6.07) is 23.6. The van der Waals surface area contributed by atoms with Gasteiger partial charge in [-0.05, 0) is 64.4 Å². The van der Waals surface area contributed by atoms with Crippen LogP contribution in [0.1, 0.15) is 53.6 Å². The average molecular weight is 388 g/mol. The first-order valence-electron chi connectivity index (χ1n) is 10.4. The normalized spacial score (nSPS) is 15.8. The van der Waals surface area contributed by atoms with Gasteiger partial charge in [0.1, 0.15) is 18.1 Å². The molecule has 1 aliphatic heterocycles. The van der Waals surface area contributed by atoms with Crippen LogP contribution in [-0.4, -0.2) is 13.7 Å². The van der Waals surface area contributed by atoms with E-state index in [0.29, 0.717) is 12.5 Å². The monoisotopic (exact) mass is 387 g/mol. The van der Waals surface area contributed by atoms with E-state index in [1.807, 2.05) is 18.2 Å². The van der Waals surface area contributed by atoms with E-state index in [0.717, 1.165) is 24.5 Å². The lowest BCUT2D eigenvalue weighted by Crippen LogP contribution is -2.30. The van der Waals surface area contributed by atoms with Gasteiger partial charge in [0.2, 0.25) is 0 Å². The zero-order valence-electron chi connectivity index (χ0n) is 17.4. The van der Waals surface area contributed by atoms with E-state index >= 15 is 0 Å². The Morgan fingerprint density at radius 3 is 2.59 bits per heavy atom. The van der Waals surface area contributed by atoms with Crippen molar-refractivity contribution in [2.45, 2.75) is 38.8 Å². The van der Waals surface area contributed by atoms with Crippen LogP contribution in [-0.2, 0) is 13.0 Å². The maximum absolute atomic E-state index is 6.04. The van der Waals surface area contributed by atoms with Crippen molar-refractivity contribution >= 4 is 0 Å². The summed E-state index contributed by atoms with van der Waals surface area (Å²) >= 11 is 0.